The second kappa shape index (κ2) is 1.50. The van der Waals surface area contributed by atoms with E-state index in [1.165, 1.54) is 11.0 Å². The Hall–Kier alpha value is -0.380. The van der Waals surface area contributed by atoms with Crippen LogP contribution in [0.3, 0.4) is 0 Å². The fourth-order valence-electron chi connectivity index (χ4n) is 3.11. The molecule has 3 saturated heterocycles. The van der Waals surface area contributed by atoms with Gasteiger partial charge in [0.15, 0.2) is 18.2 Å². The molecule has 0 radical (unpaired) electrons. The summed E-state index contributed by atoms with van der Waals surface area (Å²) in [4.78, 5) is 4.16. The molecule has 0 bridgehead atoms. The van der Waals surface area contributed by atoms with Gasteiger partial charge in [-0.05, 0) is 6.08 Å². The summed E-state index contributed by atoms with van der Waals surface area (Å²) < 4.78 is 1.27. The van der Waals surface area contributed by atoms with Gasteiger partial charge in [-0.1, -0.05) is 11.6 Å². The minimum Gasteiger partial charge on any atom is -0.278 e. The number of quaternary nitrogens is 1. The van der Waals surface area contributed by atoms with Gasteiger partial charge in [0.1, 0.15) is 17.8 Å². The number of hydrogen-bond acceptors (Lipinski definition) is 2. The number of aliphatic imine (C=N–C) groups is 1. The van der Waals surface area contributed by atoms with Gasteiger partial charge in [0, 0.05) is 6.20 Å². The maximum Gasteiger partial charge on any atom is 0.195 e. The van der Waals surface area contributed by atoms with Crippen LogP contribution in [-0.4, -0.2) is 40.5 Å². The second-order valence-corrected chi connectivity index (χ2v) is 4.50. The summed E-state index contributed by atoms with van der Waals surface area (Å²) in [5, 5.41) is 4.26. The standard InChI is InChI=1S/C8H9ClN3/c9-8-6-7-4(1-2-10-8)12(7)3-5(12)11-6/h1-2,4-7,11H,3H2/q+1/t4?,5-,6?,7?,12?/m1/s1. The van der Waals surface area contributed by atoms with Crippen LogP contribution in [0.2, 0.25) is 0 Å². The largest absolute Gasteiger partial charge is 0.278 e. The van der Waals surface area contributed by atoms with E-state index in [4.69, 9.17) is 11.6 Å². The van der Waals surface area contributed by atoms with E-state index in [9.17, 15) is 0 Å². The summed E-state index contributed by atoms with van der Waals surface area (Å²) in [5.41, 5.74) is 0. The Morgan fingerprint density at radius 1 is 1.67 bits per heavy atom. The SMILES string of the molecule is ClC1=NC=CC2C3C1N[C@H]1C[N+]231. The molecule has 62 valence electrons. The van der Waals surface area contributed by atoms with Crippen LogP contribution in [-0.2, 0) is 0 Å². The molecule has 4 aliphatic heterocycles. The number of nitrogens with zero attached hydrogens (tertiary/aromatic N) is 2. The third-order valence-electron chi connectivity index (χ3n) is 3.76. The lowest BCUT2D eigenvalue weighted by Gasteiger charge is -2.04. The summed E-state index contributed by atoms with van der Waals surface area (Å²) in [6.45, 7) is 1.31. The summed E-state index contributed by atoms with van der Waals surface area (Å²) >= 11 is 6.04. The van der Waals surface area contributed by atoms with Crippen LogP contribution in [0.25, 0.3) is 0 Å². The highest BCUT2D eigenvalue weighted by Gasteiger charge is 2.87. The van der Waals surface area contributed by atoms with Crippen molar-refractivity contribution in [3.63, 3.8) is 0 Å². The summed E-state index contributed by atoms with van der Waals surface area (Å²) in [5.74, 6) is 0. The normalized spacial score (nSPS) is 63.2. The Bertz CT molecular complexity index is 337. The Kier molecular flexibility index (Phi) is 0.765. The molecule has 4 heterocycles. The molecule has 0 saturated carbocycles. The fraction of sp³-hybridized carbons (Fsp3) is 0.625. The monoisotopic (exact) mass is 182 g/mol. The van der Waals surface area contributed by atoms with Crippen LogP contribution >= 0.6 is 11.6 Å². The molecule has 0 aromatic heterocycles. The highest BCUT2D eigenvalue weighted by molar-refractivity contribution is 6.67. The lowest BCUT2D eigenvalue weighted by molar-refractivity contribution is -0.685. The first-order valence-corrected chi connectivity index (χ1v) is 4.75. The number of halogens is 1. The van der Waals surface area contributed by atoms with Crippen LogP contribution in [0, 0.1) is 0 Å². The van der Waals surface area contributed by atoms with Crippen molar-refractivity contribution in [1.29, 1.82) is 0 Å². The van der Waals surface area contributed by atoms with Crippen molar-refractivity contribution in [2.75, 3.05) is 6.54 Å². The van der Waals surface area contributed by atoms with E-state index in [1.807, 2.05) is 6.20 Å². The lowest BCUT2D eigenvalue weighted by atomic mass is 10.2. The van der Waals surface area contributed by atoms with Crippen molar-refractivity contribution >= 4 is 16.8 Å². The Morgan fingerprint density at radius 3 is 3.50 bits per heavy atom. The van der Waals surface area contributed by atoms with Crippen molar-refractivity contribution in [2.45, 2.75) is 24.3 Å². The fourth-order valence-corrected chi connectivity index (χ4v) is 3.35. The smallest absolute Gasteiger partial charge is 0.195 e. The van der Waals surface area contributed by atoms with E-state index >= 15 is 0 Å². The highest BCUT2D eigenvalue weighted by atomic mass is 35.5. The summed E-state index contributed by atoms with van der Waals surface area (Å²) in [7, 11) is 0. The molecule has 5 atom stereocenters. The summed E-state index contributed by atoms with van der Waals surface area (Å²) in [6, 6.07) is 1.79. The number of hydrogen-bond donors (Lipinski definition) is 1. The minimum absolute atomic E-state index is 0.352. The zero-order valence-corrected chi connectivity index (χ0v) is 7.20. The van der Waals surface area contributed by atoms with E-state index < -0.39 is 0 Å². The number of piperazine rings is 1. The molecule has 3 fully saturated rings. The predicted molar refractivity (Wildman–Crippen MR) is 45.8 cm³/mol. The van der Waals surface area contributed by atoms with Crippen molar-refractivity contribution in [1.82, 2.24) is 5.32 Å². The molecule has 4 unspecified atom stereocenters. The van der Waals surface area contributed by atoms with Crippen LogP contribution in [0.15, 0.2) is 17.3 Å². The van der Waals surface area contributed by atoms with E-state index in [1.54, 1.807) is 0 Å². The molecule has 3 nitrogen and oxygen atoms in total. The van der Waals surface area contributed by atoms with E-state index in [0.717, 1.165) is 11.2 Å². The van der Waals surface area contributed by atoms with Crippen molar-refractivity contribution in [3.8, 4) is 0 Å². The van der Waals surface area contributed by atoms with Crippen LogP contribution < -0.4 is 5.32 Å². The molecule has 4 rings (SSSR count). The first-order valence-electron chi connectivity index (χ1n) is 4.37. The van der Waals surface area contributed by atoms with Gasteiger partial charge in [-0.2, -0.15) is 0 Å². The van der Waals surface area contributed by atoms with Gasteiger partial charge >= 0.3 is 0 Å². The highest BCUT2D eigenvalue weighted by Crippen LogP contribution is 2.60. The topological polar surface area (TPSA) is 24.4 Å². The average Bonchev–Trinajstić information content (AvgIpc) is 2.89. The summed E-state index contributed by atoms with van der Waals surface area (Å²) in [6.07, 6.45) is 4.78. The third kappa shape index (κ3) is 0.433. The van der Waals surface area contributed by atoms with E-state index in [-0.39, 0.29) is 0 Å². The minimum atomic E-state index is 0.352. The molecule has 0 aliphatic carbocycles. The molecular formula is C8H9ClN3+. The quantitative estimate of drug-likeness (QED) is 0.415. The third-order valence-corrected chi connectivity index (χ3v) is 4.09. The van der Waals surface area contributed by atoms with Crippen molar-refractivity contribution in [3.05, 3.63) is 12.3 Å². The van der Waals surface area contributed by atoms with Gasteiger partial charge in [0.2, 0.25) is 0 Å². The number of nitrogens with one attached hydrogen (secondary N) is 1. The predicted octanol–water partition coefficient (Wildman–Crippen LogP) is 0.0301. The van der Waals surface area contributed by atoms with Gasteiger partial charge in [-0.25, -0.2) is 10.3 Å². The number of rotatable bonds is 0. The van der Waals surface area contributed by atoms with Crippen molar-refractivity contribution in [2.24, 2.45) is 4.99 Å². The van der Waals surface area contributed by atoms with E-state index in [0.29, 0.717) is 18.2 Å². The molecule has 4 aliphatic rings. The van der Waals surface area contributed by atoms with Crippen LogP contribution in [0.1, 0.15) is 0 Å². The van der Waals surface area contributed by atoms with Gasteiger partial charge in [-0.3, -0.25) is 4.48 Å². The first-order chi connectivity index (χ1) is 5.84. The molecule has 1 spiro atoms. The Morgan fingerprint density at radius 2 is 2.58 bits per heavy atom. The maximum absolute atomic E-state index is 6.04. The second-order valence-electron chi connectivity index (χ2n) is 4.11. The van der Waals surface area contributed by atoms with Crippen LogP contribution in [0.4, 0.5) is 0 Å². The Labute approximate surface area is 75.3 Å². The molecule has 12 heavy (non-hydrogen) atoms. The molecule has 0 aromatic carbocycles. The molecule has 0 aromatic rings. The first kappa shape index (κ1) is 6.13. The van der Waals surface area contributed by atoms with Crippen molar-refractivity contribution < 1.29 is 4.48 Å². The van der Waals surface area contributed by atoms with Crippen LogP contribution in [0.5, 0.6) is 0 Å². The van der Waals surface area contributed by atoms with Gasteiger partial charge in [0.05, 0.1) is 0 Å². The Balaban J connectivity index is 1.87. The molecule has 1 N–H and O–H groups in total. The zero-order chi connectivity index (χ0) is 7.92. The van der Waals surface area contributed by atoms with Gasteiger partial charge < -0.3 is 0 Å². The van der Waals surface area contributed by atoms with Gasteiger partial charge in [0.25, 0.3) is 0 Å². The zero-order valence-electron chi connectivity index (χ0n) is 6.44. The molecule has 0 amide bonds. The lowest BCUT2D eigenvalue weighted by Crippen LogP contribution is -2.38. The van der Waals surface area contributed by atoms with E-state index in [2.05, 4.69) is 16.4 Å². The average molecular weight is 183 g/mol. The molecule has 4 heteroatoms. The maximum atomic E-state index is 6.04. The molecular weight excluding hydrogens is 174 g/mol. The van der Waals surface area contributed by atoms with Gasteiger partial charge in [-0.15, -0.1) is 0 Å².